The molecule has 1 aliphatic rings. The third kappa shape index (κ3) is 2.85. The quantitative estimate of drug-likeness (QED) is 0.603. The van der Waals surface area contributed by atoms with Crippen LogP contribution in [0.4, 0.5) is 4.39 Å². The number of carbonyl (C=O) groups excluding carboxylic acids is 1. The van der Waals surface area contributed by atoms with E-state index < -0.39 is 6.10 Å². The molecule has 2 atom stereocenters. The van der Waals surface area contributed by atoms with Crippen LogP contribution in [0.2, 0.25) is 0 Å². The van der Waals surface area contributed by atoms with Crippen LogP contribution in [0, 0.1) is 5.82 Å². The van der Waals surface area contributed by atoms with Gasteiger partial charge in [-0.05, 0) is 30.3 Å². The molecule has 0 aliphatic carbocycles. The number of ether oxygens (including phenoxy) is 1. The average molecular weight is 353 g/mol. The van der Waals surface area contributed by atoms with E-state index in [2.05, 4.69) is 0 Å². The molecule has 0 spiro atoms. The Morgan fingerprint density at radius 3 is 2.64 bits per heavy atom. The van der Waals surface area contributed by atoms with Crippen molar-refractivity contribution in [3.63, 3.8) is 0 Å². The smallest absolute Gasteiger partial charge is 0.303 e. The summed E-state index contributed by atoms with van der Waals surface area (Å²) < 4.78 is 22.2. The SMILES string of the molecule is CC(=O)OC1c2cccn2-c2ccccc2SC1c1ccccc1F. The fraction of sp³-hybridized carbons (Fsp3) is 0.150. The van der Waals surface area contributed by atoms with E-state index in [1.54, 1.807) is 18.2 Å². The van der Waals surface area contributed by atoms with Crippen LogP contribution in [-0.2, 0) is 9.53 Å². The first-order valence-corrected chi connectivity index (χ1v) is 8.88. The van der Waals surface area contributed by atoms with Gasteiger partial charge < -0.3 is 9.30 Å². The number of benzene rings is 2. The van der Waals surface area contributed by atoms with Crippen molar-refractivity contribution >= 4 is 17.7 Å². The summed E-state index contributed by atoms with van der Waals surface area (Å²) in [5.41, 5.74) is 2.37. The maximum atomic E-state index is 14.5. The Balaban J connectivity index is 1.93. The number of rotatable bonds is 2. The van der Waals surface area contributed by atoms with E-state index in [0.717, 1.165) is 16.3 Å². The number of fused-ring (bicyclic) bond motifs is 3. The minimum Gasteiger partial charge on any atom is -0.455 e. The summed E-state index contributed by atoms with van der Waals surface area (Å²) in [6.45, 7) is 1.38. The normalized spacial score (nSPS) is 18.8. The molecule has 2 unspecified atom stereocenters. The molecule has 0 radical (unpaired) electrons. The van der Waals surface area contributed by atoms with Crippen LogP contribution in [0.1, 0.15) is 29.5 Å². The summed E-state index contributed by atoms with van der Waals surface area (Å²) in [6, 6.07) is 18.4. The molecular weight excluding hydrogens is 337 g/mol. The number of carbonyl (C=O) groups is 1. The van der Waals surface area contributed by atoms with Crippen LogP contribution in [0.15, 0.2) is 71.8 Å². The zero-order valence-electron chi connectivity index (χ0n) is 13.6. The second-order valence-corrected chi connectivity index (χ2v) is 7.04. The van der Waals surface area contributed by atoms with Crippen molar-refractivity contribution in [2.75, 3.05) is 0 Å². The highest BCUT2D eigenvalue weighted by Crippen LogP contribution is 2.51. The number of hydrogen-bond acceptors (Lipinski definition) is 3. The predicted octanol–water partition coefficient (Wildman–Crippen LogP) is 5.07. The molecule has 4 rings (SSSR count). The topological polar surface area (TPSA) is 31.2 Å². The molecule has 0 bridgehead atoms. The van der Waals surface area contributed by atoms with Crippen molar-refractivity contribution in [2.45, 2.75) is 23.2 Å². The molecule has 1 aliphatic heterocycles. The monoisotopic (exact) mass is 353 g/mol. The van der Waals surface area contributed by atoms with E-state index in [0.29, 0.717) is 5.56 Å². The second-order valence-electron chi connectivity index (χ2n) is 5.86. The number of nitrogens with zero attached hydrogens (tertiary/aromatic N) is 1. The summed E-state index contributed by atoms with van der Waals surface area (Å²) in [6.07, 6.45) is 1.36. The Hall–Kier alpha value is -2.53. The van der Waals surface area contributed by atoms with E-state index in [1.165, 1.54) is 24.8 Å². The van der Waals surface area contributed by atoms with E-state index in [1.807, 2.05) is 47.2 Å². The zero-order chi connectivity index (χ0) is 17.4. The van der Waals surface area contributed by atoms with Gasteiger partial charge in [0.1, 0.15) is 5.82 Å². The maximum absolute atomic E-state index is 14.5. The highest BCUT2D eigenvalue weighted by Gasteiger charge is 2.35. The average Bonchev–Trinajstić information content (AvgIpc) is 3.04. The van der Waals surface area contributed by atoms with Gasteiger partial charge in [-0.15, -0.1) is 11.8 Å². The lowest BCUT2D eigenvalue weighted by Gasteiger charge is -2.25. The maximum Gasteiger partial charge on any atom is 0.303 e. The van der Waals surface area contributed by atoms with Crippen molar-refractivity contribution in [1.29, 1.82) is 0 Å². The summed E-state index contributed by atoms with van der Waals surface area (Å²) in [4.78, 5) is 12.8. The van der Waals surface area contributed by atoms with E-state index in [-0.39, 0.29) is 17.0 Å². The molecule has 126 valence electrons. The minimum absolute atomic E-state index is 0.297. The van der Waals surface area contributed by atoms with Crippen molar-refractivity contribution in [3.05, 3.63) is 83.9 Å². The van der Waals surface area contributed by atoms with Gasteiger partial charge in [-0.3, -0.25) is 4.79 Å². The molecular formula is C20H16FNO2S. The first-order chi connectivity index (χ1) is 12.1. The molecule has 5 heteroatoms. The van der Waals surface area contributed by atoms with E-state index in [4.69, 9.17) is 4.74 Å². The van der Waals surface area contributed by atoms with Gasteiger partial charge in [0.25, 0.3) is 0 Å². The van der Waals surface area contributed by atoms with Gasteiger partial charge in [0.05, 0.1) is 16.6 Å². The third-order valence-corrected chi connectivity index (χ3v) is 5.58. The van der Waals surface area contributed by atoms with Crippen LogP contribution in [-0.4, -0.2) is 10.5 Å². The molecule has 3 aromatic rings. The third-order valence-electron chi connectivity index (χ3n) is 4.23. The highest BCUT2D eigenvalue weighted by atomic mass is 32.2. The van der Waals surface area contributed by atoms with Gasteiger partial charge in [0, 0.05) is 23.6 Å². The van der Waals surface area contributed by atoms with Gasteiger partial charge in [-0.25, -0.2) is 4.39 Å². The summed E-state index contributed by atoms with van der Waals surface area (Å²) in [5.74, 6) is -0.680. The van der Waals surface area contributed by atoms with Gasteiger partial charge in [-0.2, -0.15) is 0 Å². The molecule has 0 fully saturated rings. The van der Waals surface area contributed by atoms with Gasteiger partial charge >= 0.3 is 5.97 Å². The largest absolute Gasteiger partial charge is 0.455 e. The fourth-order valence-electron chi connectivity index (χ4n) is 3.19. The molecule has 2 heterocycles. The number of esters is 1. The molecule has 25 heavy (non-hydrogen) atoms. The highest BCUT2D eigenvalue weighted by molar-refractivity contribution is 7.99. The fourth-order valence-corrected chi connectivity index (χ4v) is 4.54. The van der Waals surface area contributed by atoms with Crippen molar-refractivity contribution in [2.24, 2.45) is 0 Å². The molecule has 1 aromatic heterocycles. The lowest BCUT2D eigenvalue weighted by Crippen LogP contribution is -2.17. The number of hydrogen-bond donors (Lipinski definition) is 0. The zero-order valence-corrected chi connectivity index (χ0v) is 14.4. The predicted molar refractivity (Wildman–Crippen MR) is 95.3 cm³/mol. The van der Waals surface area contributed by atoms with Crippen molar-refractivity contribution in [1.82, 2.24) is 4.57 Å². The number of halogens is 1. The van der Waals surface area contributed by atoms with Crippen LogP contribution < -0.4 is 0 Å². The molecule has 0 N–H and O–H groups in total. The van der Waals surface area contributed by atoms with Crippen molar-refractivity contribution < 1.29 is 13.9 Å². The Kier molecular flexibility index (Phi) is 4.09. The van der Waals surface area contributed by atoms with Crippen LogP contribution in [0.25, 0.3) is 5.69 Å². The number of thioether (sulfide) groups is 1. The van der Waals surface area contributed by atoms with E-state index in [9.17, 15) is 9.18 Å². The summed E-state index contributed by atoms with van der Waals surface area (Å²) in [7, 11) is 0. The Morgan fingerprint density at radius 1 is 1.08 bits per heavy atom. The molecule has 0 saturated heterocycles. The standard InChI is InChI=1S/C20H16FNO2S/c1-13(23)24-19-17-10-6-12-22(17)16-9-4-5-11-18(16)25-20(19)14-7-2-3-8-15(14)21/h2-12,19-20H,1H3. The van der Waals surface area contributed by atoms with Gasteiger partial charge in [-0.1, -0.05) is 30.3 Å². The first-order valence-electron chi connectivity index (χ1n) is 8.00. The van der Waals surface area contributed by atoms with E-state index >= 15 is 0 Å². The summed E-state index contributed by atoms with van der Waals surface area (Å²) >= 11 is 1.52. The number of para-hydroxylation sites is 1. The van der Waals surface area contributed by atoms with Crippen LogP contribution in [0.3, 0.4) is 0 Å². The second kappa shape index (κ2) is 6.41. The molecule has 3 nitrogen and oxygen atoms in total. The van der Waals surface area contributed by atoms with Crippen molar-refractivity contribution in [3.8, 4) is 5.69 Å². The molecule has 0 amide bonds. The number of aromatic nitrogens is 1. The molecule has 0 saturated carbocycles. The van der Waals surface area contributed by atoms with Crippen LogP contribution >= 0.6 is 11.8 Å². The Labute approximate surface area is 149 Å². The lowest BCUT2D eigenvalue weighted by molar-refractivity contribution is -0.147. The Bertz CT molecular complexity index is 937. The minimum atomic E-state index is -0.582. The molecule has 2 aromatic carbocycles. The lowest BCUT2D eigenvalue weighted by atomic mass is 10.0. The van der Waals surface area contributed by atoms with Gasteiger partial charge in [0.2, 0.25) is 0 Å². The first kappa shape index (κ1) is 16.0. The van der Waals surface area contributed by atoms with Gasteiger partial charge in [0.15, 0.2) is 6.10 Å². The Morgan fingerprint density at radius 2 is 1.84 bits per heavy atom. The summed E-state index contributed by atoms with van der Waals surface area (Å²) in [5, 5.41) is -0.373. The van der Waals surface area contributed by atoms with Crippen LogP contribution in [0.5, 0.6) is 0 Å².